The SMILES string of the molecule is COc1ccc(CN=C(NCc2nnc(C)n2C)N2CCC(c3cnn(C)c3)C2)cc1.I. The molecular weight excluding hydrogens is 519 g/mol. The van der Waals surface area contributed by atoms with Gasteiger partial charge < -0.3 is 19.5 Å². The minimum absolute atomic E-state index is 0. The molecule has 1 aliphatic rings. The number of nitrogens with one attached hydrogen (secondary N) is 1. The number of ether oxygens (including phenoxy) is 1. The van der Waals surface area contributed by atoms with E-state index in [1.807, 2.05) is 48.6 Å². The van der Waals surface area contributed by atoms with Crippen molar-refractivity contribution < 1.29 is 4.74 Å². The fourth-order valence-corrected chi connectivity index (χ4v) is 3.80. The Hall–Kier alpha value is -2.63. The molecule has 3 heterocycles. The molecular formula is C22H31IN8O. The fourth-order valence-electron chi connectivity index (χ4n) is 3.80. The number of guanidine groups is 1. The lowest BCUT2D eigenvalue weighted by molar-refractivity contribution is 0.414. The van der Waals surface area contributed by atoms with Crippen molar-refractivity contribution >= 4 is 29.9 Å². The van der Waals surface area contributed by atoms with Gasteiger partial charge in [-0.05, 0) is 36.6 Å². The van der Waals surface area contributed by atoms with Gasteiger partial charge in [-0.3, -0.25) is 4.68 Å². The van der Waals surface area contributed by atoms with Crippen molar-refractivity contribution in [3.05, 3.63) is 59.4 Å². The van der Waals surface area contributed by atoms with Crippen LogP contribution < -0.4 is 10.1 Å². The van der Waals surface area contributed by atoms with Crippen molar-refractivity contribution in [2.75, 3.05) is 20.2 Å². The molecule has 9 nitrogen and oxygen atoms in total. The molecule has 1 saturated heterocycles. The highest BCUT2D eigenvalue weighted by Gasteiger charge is 2.27. The van der Waals surface area contributed by atoms with Crippen LogP contribution in [0, 0.1) is 6.92 Å². The first-order chi connectivity index (χ1) is 15.0. The standard InChI is InChI=1S/C22H30N8O.HI/c1-16-26-27-21(29(16)3)13-24-22(23-11-17-5-7-20(31-4)8-6-17)30-10-9-18(15-30)19-12-25-28(2)14-19;/h5-8,12,14,18H,9-11,13,15H2,1-4H3,(H,23,24);1H. The van der Waals surface area contributed by atoms with Gasteiger partial charge in [-0.15, -0.1) is 34.2 Å². The lowest BCUT2D eigenvalue weighted by Crippen LogP contribution is -2.40. The van der Waals surface area contributed by atoms with Crippen molar-refractivity contribution in [1.29, 1.82) is 0 Å². The summed E-state index contributed by atoms with van der Waals surface area (Å²) in [5.74, 6) is 3.98. The summed E-state index contributed by atoms with van der Waals surface area (Å²) >= 11 is 0. The zero-order valence-corrected chi connectivity index (χ0v) is 21.4. The smallest absolute Gasteiger partial charge is 0.194 e. The molecule has 0 radical (unpaired) electrons. The lowest BCUT2D eigenvalue weighted by atomic mass is 10.0. The average Bonchev–Trinajstić information content (AvgIpc) is 3.51. The molecule has 1 fully saturated rings. The number of halogens is 1. The summed E-state index contributed by atoms with van der Waals surface area (Å²) in [6.45, 7) is 4.99. The highest BCUT2D eigenvalue weighted by Crippen LogP contribution is 2.27. The Morgan fingerprint density at radius 1 is 1.22 bits per heavy atom. The van der Waals surface area contributed by atoms with Gasteiger partial charge in [-0.1, -0.05) is 12.1 Å². The Morgan fingerprint density at radius 2 is 2.00 bits per heavy atom. The van der Waals surface area contributed by atoms with E-state index in [9.17, 15) is 0 Å². The molecule has 32 heavy (non-hydrogen) atoms. The van der Waals surface area contributed by atoms with Crippen LogP contribution in [0.3, 0.4) is 0 Å². The third-order valence-corrected chi connectivity index (χ3v) is 5.84. The molecule has 0 bridgehead atoms. The Balaban J connectivity index is 0.00000289. The maximum Gasteiger partial charge on any atom is 0.194 e. The Morgan fingerprint density at radius 3 is 2.62 bits per heavy atom. The van der Waals surface area contributed by atoms with Crippen LogP contribution >= 0.6 is 24.0 Å². The minimum atomic E-state index is 0. The second-order valence-electron chi connectivity index (χ2n) is 7.94. The first-order valence-electron chi connectivity index (χ1n) is 10.5. The molecule has 1 atom stereocenters. The zero-order valence-electron chi connectivity index (χ0n) is 19.0. The molecule has 172 valence electrons. The second kappa shape index (κ2) is 10.8. The van der Waals surface area contributed by atoms with Gasteiger partial charge in [0.2, 0.25) is 0 Å². The van der Waals surface area contributed by atoms with Gasteiger partial charge in [0.05, 0.1) is 26.4 Å². The third kappa shape index (κ3) is 5.59. The molecule has 0 spiro atoms. The Kier molecular flexibility index (Phi) is 8.10. The second-order valence-corrected chi connectivity index (χ2v) is 7.94. The van der Waals surface area contributed by atoms with Gasteiger partial charge in [0, 0.05) is 39.3 Å². The molecule has 1 aromatic carbocycles. The quantitative estimate of drug-likeness (QED) is 0.289. The molecule has 3 aromatic rings. The van der Waals surface area contributed by atoms with Crippen molar-refractivity contribution in [3.63, 3.8) is 0 Å². The predicted molar refractivity (Wildman–Crippen MR) is 134 cm³/mol. The number of methoxy groups -OCH3 is 1. The summed E-state index contributed by atoms with van der Waals surface area (Å²) < 4.78 is 9.12. The van der Waals surface area contributed by atoms with Crippen LogP contribution in [-0.4, -0.2) is 55.6 Å². The van der Waals surface area contributed by atoms with Crippen molar-refractivity contribution in [1.82, 2.24) is 34.8 Å². The van der Waals surface area contributed by atoms with Crippen LogP contribution in [0.25, 0.3) is 0 Å². The zero-order chi connectivity index (χ0) is 21.8. The maximum atomic E-state index is 5.25. The van der Waals surface area contributed by atoms with Gasteiger partial charge in [0.1, 0.15) is 11.6 Å². The van der Waals surface area contributed by atoms with E-state index in [0.29, 0.717) is 19.0 Å². The summed E-state index contributed by atoms with van der Waals surface area (Å²) in [6.07, 6.45) is 5.16. The van der Waals surface area contributed by atoms with Crippen LogP contribution in [0.5, 0.6) is 5.75 Å². The number of likely N-dealkylation sites (tertiary alicyclic amines) is 1. The number of aromatic nitrogens is 5. The van der Waals surface area contributed by atoms with E-state index < -0.39 is 0 Å². The van der Waals surface area contributed by atoms with Gasteiger partial charge in [-0.25, -0.2) is 4.99 Å². The fraction of sp³-hybridized carbons (Fsp3) is 0.455. The molecule has 0 saturated carbocycles. The number of hydrogen-bond acceptors (Lipinski definition) is 5. The molecule has 2 aromatic heterocycles. The molecule has 1 N–H and O–H groups in total. The van der Waals surface area contributed by atoms with Gasteiger partial charge >= 0.3 is 0 Å². The van der Waals surface area contributed by atoms with Gasteiger partial charge in [0.25, 0.3) is 0 Å². The molecule has 10 heteroatoms. The van der Waals surface area contributed by atoms with E-state index in [4.69, 9.17) is 9.73 Å². The number of benzene rings is 1. The highest BCUT2D eigenvalue weighted by atomic mass is 127. The van der Waals surface area contributed by atoms with Crippen LogP contribution in [0.4, 0.5) is 0 Å². The van der Waals surface area contributed by atoms with E-state index in [1.165, 1.54) is 5.56 Å². The maximum absolute atomic E-state index is 5.25. The van der Waals surface area contributed by atoms with Crippen molar-refractivity contribution in [2.24, 2.45) is 19.1 Å². The molecule has 1 aliphatic heterocycles. The van der Waals surface area contributed by atoms with Crippen molar-refractivity contribution in [3.8, 4) is 5.75 Å². The van der Waals surface area contributed by atoms with Crippen LogP contribution in [0.2, 0.25) is 0 Å². The van der Waals surface area contributed by atoms with Crippen LogP contribution in [0.15, 0.2) is 41.7 Å². The van der Waals surface area contributed by atoms with E-state index >= 15 is 0 Å². The first kappa shape index (κ1) is 24.0. The van der Waals surface area contributed by atoms with Crippen LogP contribution in [-0.2, 0) is 27.2 Å². The molecule has 4 rings (SSSR count). The monoisotopic (exact) mass is 550 g/mol. The average molecular weight is 550 g/mol. The number of aryl methyl sites for hydroxylation is 2. The summed E-state index contributed by atoms with van der Waals surface area (Å²) in [7, 11) is 5.62. The normalized spacial score (nSPS) is 16.2. The highest BCUT2D eigenvalue weighted by molar-refractivity contribution is 14.0. The van der Waals surface area contributed by atoms with Crippen molar-refractivity contribution in [2.45, 2.75) is 32.4 Å². The minimum Gasteiger partial charge on any atom is -0.497 e. The third-order valence-electron chi connectivity index (χ3n) is 5.84. The summed E-state index contributed by atoms with van der Waals surface area (Å²) in [5, 5.41) is 16.3. The number of rotatable bonds is 6. The number of hydrogen-bond donors (Lipinski definition) is 1. The summed E-state index contributed by atoms with van der Waals surface area (Å²) in [5.41, 5.74) is 2.42. The van der Waals surface area contributed by atoms with Gasteiger partial charge in [0.15, 0.2) is 11.8 Å². The van der Waals surface area contributed by atoms with E-state index in [-0.39, 0.29) is 24.0 Å². The molecule has 0 aliphatic carbocycles. The summed E-state index contributed by atoms with van der Waals surface area (Å²) in [6, 6.07) is 8.03. The number of nitrogens with zero attached hydrogens (tertiary/aromatic N) is 7. The predicted octanol–water partition coefficient (Wildman–Crippen LogP) is 2.62. The molecule has 1 unspecified atom stereocenters. The van der Waals surface area contributed by atoms with E-state index in [2.05, 4.69) is 43.8 Å². The summed E-state index contributed by atoms with van der Waals surface area (Å²) in [4.78, 5) is 7.25. The van der Waals surface area contributed by atoms with E-state index in [0.717, 1.165) is 48.4 Å². The largest absolute Gasteiger partial charge is 0.497 e. The molecule has 0 amide bonds. The Bertz CT molecular complexity index is 1040. The van der Waals surface area contributed by atoms with Gasteiger partial charge in [-0.2, -0.15) is 5.10 Å². The number of aliphatic imine (C=N–C) groups is 1. The Labute approximate surface area is 205 Å². The van der Waals surface area contributed by atoms with Crippen LogP contribution in [0.1, 0.15) is 35.1 Å². The topological polar surface area (TPSA) is 85.4 Å². The van der Waals surface area contributed by atoms with E-state index in [1.54, 1.807) is 7.11 Å². The lowest BCUT2D eigenvalue weighted by Gasteiger charge is -2.22. The first-order valence-corrected chi connectivity index (χ1v) is 10.5.